The van der Waals surface area contributed by atoms with Crippen LogP contribution in [0.5, 0.6) is 0 Å². The Kier molecular flexibility index (Phi) is 4.27. The first-order valence-electron chi connectivity index (χ1n) is 7.99. The van der Waals surface area contributed by atoms with Crippen molar-refractivity contribution in [3.63, 3.8) is 0 Å². The highest BCUT2D eigenvalue weighted by atomic mass is 16.4. The Labute approximate surface area is 126 Å². The van der Waals surface area contributed by atoms with Crippen LogP contribution in [0.4, 0.5) is 0 Å². The molecular weight excluding hydrogens is 264 g/mol. The highest BCUT2D eigenvalue weighted by Gasteiger charge is 2.28. The van der Waals surface area contributed by atoms with Crippen molar-refractivity contribution in [2.75, 3.05) is 26.2 Å². The molecule has 0 spiro atoms. The number of aromatic carboxylic acids is 1. The molecule has 2 aliphatic heterocycles. The van der Waals surface area contributed by atoms with Crippen LogP contribution in [0.2, 0.25) is 0 Å². The molecule has 1 fully saturated rings. The molecule has 0 saturated carbocycles. The molecule has 2 aliphatic rings. The van der Waals surface area contributed by atoms with E-state index in [9.17, 15) is 9.90 Å². The third-order valence-electron chi connectivity index (χ3n) is 5.05. The number of benzene rings is 1. The number of piperidine rings is 1. The fraction of sp³-hybridized carbons (Fsp3) is 0.588. The number of nitrogens with zero attached hydrogens (tertiary/aromatic N) is 2. The van der Waals surface area contributed by atoms with Crippen LogP contribution in [0.3, 0.4) is 0 Å². The Morgan fingerprint density at radius 1 is 1.29 bits per heavy atom. The number of likely N-dealkylation sites (tertiary alicyclic amines) is 1. The number of carboxylic acid groups (broad SMARTS) is 1. The molecule has 4 heteroatoms. The topological polar surface area (TPSA) is 43.8 Å². The van der Waals surface area contributed by atoms with E-state index < -0.39 is 5.97 Å². The van der Waals surface area contributed by atoms with Crippen molar-refractivity contribution >= 4 is 5.97 Å². The van der Waals surface area contributed by atoms with Gasteiger partial charge >= 0.3 is 5.97 Å². The molecule has 0 amide bonds. The molecule has 0 atom stereocenters. The zero-order valence-corrected chi connectivity index (χ0v) is 12.7. The Morgan fingerprint density at radius 3 is 2.71 bits per heavy atom. The number of rotatable bonds is 3. The average molecular weight is 288 g/mol. The summed E-state index contributed by atoms with van der Waals surface area (Å²) in [5, 5.41) is 9.29. The van der Waals surface area contributed by atoms with Crippen molar-refractivity contribution in [2.45, 2.75) is 38.8 Å². The normalized spacial score (nSPS) is 21.2. The second-order valence-electron chi connectivity index (χ2n) is 6.13. The van der Waals surface area contributed by atoms with Crippen molar-refractivity contribution in [1.29, 1.82) is 0 Å². The minimum absolute atomic E-state index is 0.493. The molecule has 1 N–H and O–H groups in total. The van der Waals surface area contributed by atoms with Crippen LogP contribution < -0.4 is 0 Å². The quantitative estimate of drug-likeness (QED) is 0.926. The smallest absolute Gasteiger partial charge is 0.335 e. The maximum Gasteiger partial charge on any atom is 0.335 e. The van der Waals surface area contributed by atoms with Gasteiger partial charge in [-0.25, -0.2) is 4.79 Å². The molecule has 21 heavy (non-hydrogen) atoms. The van der Waals surface area contributed by atoms with Crippen LogP contribution in [-0.4, -0.2) is 53.1 Å². The Hall–Kier alpha value is -1.39. The monoisotopic (exact) mass is 288 g/mol. The number of carbonyl (C=O) groups is 1. The summed E-state index contributed by atoms with van der Waals surface area (Å²) in [6.07, 6.45) is 3.34. The van der Waals surface area contributed by atoms with Gasteiger partial charge < -0.3 is 10.0 Å². The van der Waals surface area contributed by atoms with Crippen LogP contribution in [0.25, 0.3) is 0 Å². The van der Waals surface area contributed by atoms with Crippen LogP contribution in [-0.2, 0) is 13.0 Å². The summed E-state index contributed by atoms with van der Waals surface area (Å²) in [5.74, 6) is -0.795. The zero-order chi connectivity index (χ0) is 14.8. The van der Waals surface area contributed by atoms with Crippen molar-refractivity contribution in [1.82, 2.24) is 9.80 Å². The molecule has 0 aliphatic carbocycles. The first kappa shape index (κ1) is 14.5. The summed E-state index contributed by atoms with van der Waals surface area (Å²) in [4.78, 5) is 16.4. The van der Waals surface area contributed by atoms with Gasteiger partial charge in [-0.1, -0.05) is 19.1 Å². The van der Waals surface area contributed by atoms with Crippen LogP contribution in [0.15, 0.2) is 18.2 Å². The SMILES string of the molecule is CCN1CCC(N2CCc3c(cccc3C(=O)O)C2)CC1. The molecule has 114 valence electrons. The van der Waals surface area contributed by atoms with Gasteiger partial charge in [0.2, 0.25) is 0 Å². The van der Waals surface area contributed by atoms with Gasteiger partial charge in [0.25, 0.3) is 0 Å². The standard InChI is InChI=1S/C17H24N2O2/c1-2-18-9-6-14(7-10-18)19-11-8-15-13(12-19)4-3-5-16(15)17(20)21/h3-5,14H,2,6-12H2,1H3,(H,20,21). The van der Waals surface area contributed by atoms with E-state index in [-0.39, 0.29) is 0 Å². The molecule has 2 heterocycles. The summed E-state index contributed by atoms with van der Waals surface area (Å²) < 4.78 is 0. The van der Waals surface area contributed by atoms with Crippen LogP contribution >= 0.6 is 0 Å². The molecule has 1 aromatic carbocycles. The van der Waals surface area contributed by atoms with Crippen molar-refractivity contribution < 1.29 is 9.90 Å². The lowest BCUT2D eigenvalue weighted by molar-refractivity contribution is 0.0692. The fourth-order valence-corrected chi connectivity index (χ4v) is 3.74. The largest absolute Gasteiger partial charge is 0.478 e. The van der Waals surface area contributed by atoms with E-state index in [1.165, 1.54) is 31.5 Å². The molecule has 3 rings (SSSR count). The molecule has 0 aromatic heterocycles. The Morgan fingerprint density at radius 2 is 2.05 bits per heavy atom. The van der Waals surface area contributed by atoms with Gasteiger partial charge in [-0.05, 0) is 56.1 Å². The van der Waals surface area contributed by atoms with E-state index in [4.69, 9.17) is 0 Å². The van der Waals surface area contributed by atoms with Gasteiger partial charge in [0, 0.05) is 19.1 Å². The lowest BCUT2D eigenvalue weighted by Crippen LogP contribution is -2.46. The van der Waals surface area contributed by atoms with Gasteiger partial charge in [-0.15, -0.1) is 0 Å². The lowest BCUT2D eigenvalue weighted by Gasteiger charge is -2.40. The Bertz CT molecular complexity index is 522. The lowest BCUT2D eigenvalue weighted by atomic mass is 9.92. The molecule has 0 radical (unpaired) electrons. The second kappa shape index (κ2) is 6.16. The van der Waals surface area contributed by atoms with E-state index in [1.807, 2.05) is 6.07 Å². The van der Waals surface area contributed by atoms with Gasteiger partial charge in [0.1, 0.15) is 0 Å². The van der Waals surface area contributed by atoms with E-state index in [0.29, 0.717) is 11.6 Å². The van der Waals surface area contributed by atoms with Gasteiger partial charge in [0.15, 0.2) is 0 Å². The minimum atomic E-state index is -0.795. The van der Waals surface area contributed by atoms with Crippen molar-refractivity contribution in [2.24, 2.45) is 0 Å². The third kappa shape index (κ3) is 2.97. The van der Waals surface area contributed by atoms with E-state index in [1.54, 1.807) is 6.07 Å². The molecule has 4 nitrogen and oxygen atoms in total. The highest BCUT2D eigenvalue weighted by molar-refractivity contribution is 5.89. The summed E-state index contributed by atoms with van der Waals surface area (Å²) in [6, 6.07) is 6.37. The van der Waals surface area contributed by atoms with E-state index >= 15 is 0 Å². The molecule has 0 bridgehead atoms. The summed E-state index contributed by atoms with van der Waals surface area (Å²) >= 11 is 0. The number of fused-ring (bicyclic) bond motifs is 1. The van der Waals surface area contributed by atoms with E-state index in [0.717, 1.165) is 31.6 Å². The molecule has 1 saturated heterocycles. The first-order valence-corrected chi connectivity index (χ1v) is 7.99. The number of carboxylic acids is 1. The Balaban J connectivity index is 1.71. The van der Waals surface area contributed by atoms with E-state index in [2.05, 4.69) is 22.8 Å². The third-order valence-corrected chi connectivity index (χ3v) is 5.05. The predicted molar refractivity (Wildman–Crippen MR) is 82.7 cm³/mol. The summed E-state index contributed by atoms with van der Waals surface area (Å²) in [6.45, 7) is 7.67. The molecular formula is C17H24N2O2. The van der Waals surface area contributed by atoms with Crippen LogP contribution in [0.1, 0.15) is 41.3 Å². The van der Waals surface area contributed by atoms with Crippen LogP contribution in [0, 0.1) is 0 Å². The summed E-state index contributed by atoms with van der Waals surface area (Å²) in [7, 11) is 0. The second-order valence-corrected chi connectivity index (χ2v) is 6.13. The molecule has 0 unspecified atom stereocenters. The molecule has 1 aromatic rings. The predicted octanol–water partition coefficient (Wildman–Crippen LogP) is 2.23. The van der Waals surface area contributed by atoms with Gasteiger partial charge in [-0.3, -0.25) is 4.90 Å². The number of hydrogen-bond donors (Lipinski definition) is 1. The maximum atomic E-state index is 11.3. The summed E-state index contributed by atoms with van der Waals surface area (Å²) in [5.41, 5.74) is 2.75. The van der Waals surface area contributed by atoms with Crippen molar-refractivity contribution in [3.8, 4) is 0 Å². The van der Waals surface area contributed by atoms with Gasteiger partial charge in [-0.2, -0.15) is 0 Å². The fourth-order valence-electron chi connectivity index (χ4n) is 3.74. The highest BCUT2D eigenvalue weighted by Crippen LogP contribution is 2.27. The maximum absolute atomic E-state index is 11.3. The number of hydrogen-bond acceptors (Lipinski definition) is 3. The zero-order valence-electron chi connectivity index (χ0n) is 12.7. The van der Waals surface area contributed by atoms with Gasteiger partial charge in [0.05, 0.1) is 5.56 Å². The first-order chi connectivity index (χ1) is 10.2. The minimum Gasteiger partial charge on any atom is -0.478 e. The average Bonchev–Trinajstić information content (AvgIpc) is 2.53. The van der Waals surface area contributed by atoms with Crippen molar-refractivity contribution in [3.05, 3.63) is 34.9 Å².